The van der Waals surface area contributed by atoms with Crippen LogP contribution < -0.4 is 4.74 Å². The van der Waals surface area contributed by atoms with Crippen LogP contribution in [0, 0.1) is 0 Å². The molecule has 5 aromatic rings. The molecule has 37 heavy (non-hydrogen) atoms. The summed E-state index contributed by atoms with van der Waals surface area (Å²) in [7, 11) is 1.67. The van der Waals surface area contributed by atoms with E-state index >= 15 is 0 Å². The number of hydrogen-bond donors (Lipinski definition) is 1. The number of ether oxygens (including phenoxy) is 1. The highest BCUT2D eigenvalue weighted by Crippen LogP contribution is 2.62. The van der Waals surface area contributed by atoms with E-state index in [2.05, 4.69) is 97.1 Å². The molecule has 7 rings (SSSR count). The number of fused-ring (bicyclic) bond motifs is 7. The monoisotopic (exact) mass is 482 g/mol. The summed E-state index contributed by atoms with van der Waals surface area (Å²) in [6.07, 6.45) is 4.16. The Morgan fingerprint density at radius 3 is 1.84 bits per heavy atom. The van der Waals surface area contributed by atoms with Gasteiger partial charge >= 0.3 is 0 Å². The molecule has 0 aliphatic heterocycles. The number of methoxy groups -OCH3 is 1. The molecule has 0 aromatic heterocycles. The fourth-order valence-corrected chi connectivity index (χ4v) is 7.34. The standard InChI is InChI=1S/C35H30O2/c1-37-26-16-17-27-29(22-26)32(36)23-31-33(27)28-14-8-9-15-30(28)35(31)20-18-34(19-21-35,24-10-4-2-5-11-24)25-12-6-3-7-13-25/h2-17,22-23,36H,18-21H2,1H3. The molecule has 0 bridgehead atoms. The minimum atomic E-state index is -0.107. The summed E-state index contributed by atoms with van der Waals surface area (Å²) in [4.78, 5) is 0. The number of phenolic OH excluding ortho intramolecular Hbond substituents is 1. The van der Waals surface area contributed by atoms with E-state index < -0.39 is 0 Å². The molecule has 182 valence electrons. The highest BCUT2D eigenvalue weighted by molar-refractivity contribution is 6.05. The first kappa shape index (κ1) is 22.2. The van der Waals surface area contributed by atoms with Crippen molar-refractivity contribution in [3.63, 3.8) is 0 Å². The number of aromatic hydroxyl groups is 1. The van der Waals surface area contributed by atoms with Gasteiger partial charge in [-0.2, -0.15) is 0 Å². The molecule has 0 unspecified atom stereocenters. The van der Waals surface area contributed by atoms with Crippen molar-refractivity contribution in [2.24, 2.45) is 0 Å². The predicted octanol–water partition coefficient (Wildman–Crippen LogP) is 8.38. The van der Waals surface area contributed by atoms with Crippen molar-refractivity contribution >= 4 is 10.8 Å². The van der Waals surface area contributed by atoms with Gasteiger partial charge in [-0.1, -0.05) is 84.9 Å². The number of hydrogen-bond acceptors (Lipinski definition) is 2. The number of benzene rings is 5. The van der Waals surface area contributed by atoms with Crippen molar-refractivity contribution in [3.8, 4) is 22.6 Å². The highest BCUT2D eigenvalue weighted by Gasteiger charge is 2.50. The predicted molar refractivity (Wildman–Crippen MR) is 151 cm³/mol. The second kappa shape index (κ2) is 8.24. The van der Waals surface area contributed by atoms with Crippen molar-refractivity contribution < 1.29 is 9.84 Å². The molecule has 0 saturated heterocycles. The first-order valence-electron chi connectivity index (χ1n) is 13.2. The smallest absolute Gasteiger partial charge is 0.123 e. The second-order valence-electron chi connectivity index (χ2n) is 10.7. The Morgan fingerprint density at radius 2 is 1.19 bits per heavy atom. The summed E-state index contributed by atoms with van der Waals surface area (Å²) in [6.45, 7) is 0. The van der Waals surface area contributed by atoms with Crippen LogP contribution in [0.5, 0.6) is 11.5 Å². The summed E-state index contributed by atoms with van der Waals surface area (Å²) >= 11 is 0. The molecule has 2 heteroatoms. The Kier molecular flexibility index (Phi) is 4.94. The molecule has 1 spiro atoms. The third kappa shape index (κ3) is 3.12. The molecule has 0 heterocycles. The van der Waals surface area contributed by atoms with E-state index in [1.807, 2.05) is 12.1 Å². The number of phenols is 1. The summed E-state index contributed by atoms with van der Waals surface area (Å²) in [5, 5.41) is 13.2. The Labute approximate surface area is 218 Å². The molecule has 0 radical (unpaired) electrons. The lowest BCUT2D eigenvalue weighted by molar-refractivity contribution is 0.260. The molecule has 1 N–H and O–H groups in total. The summed E-state index contributed by atoms with van der Waals surface area (Å²) in [5.74, 6) is 1.10. The van der Waals surface area contributed by atoms with Gasteiger partial charge in [-0.05, 0) is 88.7 Å². The van der Waals surface area contributed by atoms with Crippen LogP contribution in [0.3, 0.4) is 0 Å². The van der Waals surface area contributed by atoms with Gasteiger partial charge in [-0.15, -0.1) is 0 Å². The fraction of sp³-hybridized carbons (Fsp3) is 0.200. The highest BCUT2D eigenvalue weighted by atomic mass is 16.5. The van der Waals surface area contributed by atoms with E-state index in [1.165, 1.54) is 33.4 Å². The topological polar surface area (TPSA) is 29.5 Å². The Morgan fingerprint density at radius 1 is 0.595 bits per heavy atom. The number of rotatable bonds is 3. The van der Waals surface area contributed by atoms with Crippen molar-refractivity contribution in [1.82, 2.24) is 0 Å². The van der Waals surface area contributed by atoms with Crippen molar-refractivity contribution in [2.45, 2.75) is 36.5 Å². The van der Waals surface area contributed by atoms with Crippen LogP contribution >= 0.6 is 0 Å². The Bertz CT molecular complexity index is 1570. The molecule has 2 aliphatic rings. The van der Waals surface area contributed by atoms with Crippen LogP contribution in [0.25, 0.3) is 21.9 Å². The van der Waals surface area contributed by atoms with Gasteiger partial charge in [0.1, 0.15) is 11.5 Å². The average molecular weight is 483 g/mol. The van der Waals surface area contributed by atoms with E-state index in [1.54, 1.807) is 7.11 Å². The van der Waals surface area contributed by atoms with Gasteiger partial charge in [-0.3, -0.25) is 0 Å². The maximum absolute atomic E-state index is 11.3. The van der Waals surface area contributed by atoms with Crippen LogP contribution in [-0.4, -0.2) is 12.2 Å². The van der Waals surface area contributed by atoms with Gasteiger partial charge in [0.05, 0.1) is 7.11 Å². The van der Waals surface area contributed by atoms with Crippen LogP contribution in [-0.2, 0) is 10.8 Å². The zero-order valence-corrected chi connectivity index (χ0v) is 21.1. The molecule has 1 fully saturated rings. The third-order valence-electron chi connectivity index (χ3n) is 9.16. The minimum absolute atomic E-state index is 0.0161. The lowest BCUT2D eigenvalue weighted by atomic mass is 9.56. The molecule has 0 atom stereocenters. The maximum Gasteiger partial charge on any atom is 0.123 e. The van der Waals surface area contributed by atoms with E-state index in [9.17, 15) is 5.11 Å². The van der Waals surface area contributed by atoms with Gasteiger partial charge in [-0.25, -0.2) is 0 Å². The summed E-state index contributed by atoms with van der Waals surface area (Å²) in [6, 6.07) is 39.1. The van der Waals surface area contributed by atoms with Crippen molar-refractivity contribution in [1.29, 1.82) is 0 Å². The maximum atomic E-state index is 11.3. The van der Waals surface area contributed by atoms with Crippen LogP contribution in [0.4, 0.5) is 0 Å². The lowest BCUT2D eigenvalue weighted by Crippen LogP contribution is -2.40. The molecule has 5 aromatic carbocycles. The van der Waals surface area contributed by atoms with Crippen molar-refractivity contribution in [2.75, 3.05) is 7.11 Å². The first-order valence-corrected chi connectivity index (χ1v) is 13.2. The normalized spacial score (nSPS) is 16.9. The van der Waals surface area contributed by atoms with Crippen LogP contribution in [0.2, 0.25) is 0 Å². The average Bonchev–Trinajstić information content (AvgIpc) is 3.23. The molecule has 2 nitrogen and oxygen atoms in total. The summed E-state index contributed by atoms with van der Waals surface area (Å²) < 4.78 is 5.47. The van der Waals surface area contributed by atoms with Gasteiger partial charge in [0.2, 0.25) is 0 Å². The Balaban J connectivity index is 1.41. The van der Waals surface area contributed by atoms with Crippen LogP contribution in [0.1, 0.15) is 47.9 Å². The molecule has 1 saturated carbocycles. The first-order chi connectivity index (χ1) is 18.2. The van der Waals surface area contributed by atoms with Gasteiger partial charge in [0.25, 0.3) is 0 Å². The largest absolute Gasteiger partial charge is 0.507 e. The molecular weight excluding hydrogens is 452 g/mol. The van der Waals surface area contributed by atoms with E-state index in [0.29, 0.717) is 5.75 Å². The quantitative estimate of drug-likeness (QED) is 0.280. The van der Waals surface area contributed by atoms with Crippen LogP contribution in [0.15, 0.2) is 109 Å². The lowest BCUT2D eigenvalue weighted by Gasteiger charge is -2.47. The zero-order valence-electron chi connectivity index (χ0n) is 21.1. The van der Waals surface area contributed by atoms with E-state index in [-0.39, 0.29) is 10.8 Å². The van der Waals surface area contributed by atoms with Gasteiger partial charge in [0, 0.05) is 16.2 Å². The second-order valence-corrected chi connectivity index (χ2v) is 10.7. The fourth-order valence-electron chi connectivity index (χ4n) is 7.34. The van der Waals surface area contributed by atoms with E-state index in [4.69, 9.17) is 4.74 Å². The summed E-state index contributed by atoms with van der Waals surface area (Å²) in [5.41, 5.74) is 7.94. The zero-order chi connectivity index (χ0) is 25.0. The third-order valence-corrected chi connectivity index (χ3v) is 9.16. The SMILES string of the molecule is COc1ccc2c3c(cc(O)c2c1)C1(CCC(c2ccccc2)(c2ccccc2)CC1)c1ccccc1-3. The molecular formula is C35H30O2. The van der Waals surface area contributed by atoms with E-state index in [0.717, 1.165) is 42.2 Å². The molecule has 2 aliphatic carbocycles. The van der Waals surface area contributed by atoms with Gasteiger partial charge in [0.15, 0.2) is 0 Å². The van der Waals surface area contributed by atoms with Gasteiger partial charge < -0.3 is 9.84 Å². The van der Waals surface area contributed by atoms with Crippen molar-refractivity contribution in [3.05, 3.63) is 131 Å². The molecule has 0 amide bonds. The Hall–Kier alpha value is -4.04. The minimum Gasteiger partial charge on any atom is -0.507 e.